The average Bonchev–Trinajstić information content (AvgIpc) is 2.56. The summed E-state index contributed by atoms with van der Waals surface area (Å²) >= 11 is 0. The SMILES string of the molecule is CCC1(C)CC(=O)N(c2ccccc2O)N1. The van der Waals surface area contributed by atoms with Crippen LogP contribution in [0.15, 0.2) is 24.3 Å². The van der Waals surface area contributed by atoms with E-state index in [1.807, 2.05) is 13.8 Å². The number of phenolic OH excluding ortho intramolecular Hbond substituents is 1. The van der Waals surface area contributed by atoms with E-state index < -0.39 is 0 Å². The van der Waals surface area contributed by atoms with E-state index in [0.29, 0.717) is 12.1 Å². The molecular formula is C12H16N2O2. The quantitative estimate of drug-likeness (QED) is 0.799. The first-order valence-corrected chi connectivity index (χ1v) is 5.44. The van der Waals surface area contributed by atoms with Gasteiger partial charge in [0.1, 0.15) is 11.4 Å². The molecule has 1 aliphatic rings. The van der Waals surface area contributed by atoms with Gasteiger partial charge in [0.2, 0.25) is 5.91 Å². The van der Waals surface area contributed by atoms with Crippen LogP contribution in [0, 0.1) is 0 Å². The minimum atomic E-state index is -0.209. The van der Waals surface area contributed by atoms with Crippen LogP contribution < -0.4 is 10.4 Å². The lowest BCUT2D eigenvalue weighted by atomic mass is 9.97. The molecule has 2 N–H and O–H groups in total. The number of rotatable bonds is 2. The Kier molecular flexibility index (Phi) is 2.59. The van der Waals surface area contributed by atoms with Crippen molar-refractivity contribution in [1.29, 1.82) is 0 Å². The maximum Gasteiger partial charge on any atom is 0.243 e. The number of amides is 1. The second kappa shape index (κ2) is 3.79. The third-order valence-corrected chi connectivity index (χ3v) is 3.08. The molecular weight excluding hydrogens is 204 g/mol. The lowest BCUT2D eigenvalue weighted by Crippen LogP contribution is -2.44. The summed E-state index contributed by atoms with van der Waals surface area (Å²) in [6, 6.07) is 6.83. The van der Waals surface area contributed by atoms with Gasteiger partial charge in [-0.2, -0.15) is 0 Å². The molecule has 1 aromatic rings. The van der Waals surface area contributed by atoms with E-state index >= 15 is 0 Å². The van der Waals surface area contributed by atoms with Gasteiger partial charge in [-0.05, 0) is 25.5 Å². The molecule has 0 saturated carbocycles. The van der Waals surface area contributed by atoms with Gasteiger partial charge in [-0.1, -0.05) is 19.1 Å². The number of para-hydroxylation sites is 2. The van der Waals surface area contributed by atoms with E-state index in [2.05, 4.69) is 5.43 Å². The Morgan fingerprint density at radius 1 is 1.50 bits per heavy atom. The summed E-state index contributed by atoms with van der Waals surface area (Å²) in [5.41, 5.74) is 3.46. The summed E-state index contributed by atoms with van der Waals surface area (Å²) in [7, 11) is 0. The molecule has 0 aliphatic carbocycles. The van der Waals surface area contributed by atoms with E-state index in [-0.39, 0.29) is 17.2 Å². The summed E-state index contributed by atoms with van der Waals surface area (Å²) < 4.78 is 0. The zero-order chi connectivity index (χ0) is 11.8. The lowest BCUT2D eigenvalue weighted by Gasteiger charge is -2.24. The first kappa shape index (κ1) is 11.0. The standard InChI is InChI=1S/C12H16N2O2/c1-3-12(2)8-11(16)14(13-12)9-6-4-5-7-10(9)15/h4-7,13,15H,3,8H2,1-2H3. The van der Waals surface area contributed by atoms with E-state index in [1.165, 1.54) is 5.01 Å². The Balaban J connectivity index is 2.31. The number of phenols is 1. The molecule has 86 valence electrons. The maximum absolute atomic E-state index is 11.9. The number of hydrogen-bond donors (Lipinski definition) is 2. The minimum Gasteiger partial charge on any atom is -0.506 e. The molecule has 1 amide bonds. The van der Waals surface area contributed by atoms with Crippen molar-refractivity contribution in [2.75, 3.05) is 5.01 Å². The Morgan fingerprint density at radius 3 is 2.75 bits per heavy atom. The highest BCUT2D eigenvalue weighted by Gasteiger charge is 2.39. The summed E-state index contributed by atoms with van der Waals surface area (Å²) in [4.78, 5) is 11.9. The van der Waals surface area contributed by atoms with Crippen LogP contribution in [0.1, 0.15) is 26.7 Å². The van der Waals surface area contributed by atoms with Gasteiger partial charge in [-0.15, -0.1) is 0 Å². The molecule has 4 heteroatoms. The number of anilines is 1. The molecule has 0 spiro atoms. The van der Waals surface area contributed by atoms with Crippen LogP contribution in [-0.4, -0.2) is 16.6 Å². The third-order valence-electron chi connectivity index (χ3n) is 3.08. The molecule has 0 radical (unpaired) electrons. The fourth-order valence-corrected chi connectivity index (χ4v) is 1.84. The first-order chi connectivity index (χ1) is 7.56. The molecule has 1 heterocycles. The lowest BCUT2D eigenvalue weighted by molar-refractivity contribution is -0.117. The summed E-state index contributed by atoms with van der Waals surface area (Å²) in [6.45, 7) is 4.04. The van der Waals surface area contributed by atoms with E-state index in [0.717, 1.165) is 6.42 Å². The van der Waals surface area contributed by atoms with E-state index in [1.54, 1.807) is 24.3 Å². The molecule has 1 aromatic carbocycles. The Morgan fingerprint density at radius 2 is 2.19 bits per heavy atom. The largest absolute Gasteiger partial charge is 0.506 e. The normalized spacial score (nSPS) is 25.1. The molecule has 4 nitrogen and oxygen atoms in total. The summed E-state index contributed by atoms with van der Waals surface area (Å²) in [5, 5.41) is 11.1. The molecule has 1 aliphatic heterocycles. The van der Waals surface area contributed by atoms with Crippen LogP contribution in [0.5, 0.6) is 5.75 Å². The molecule has 1 fully saturated rings. The fourth-order valence-electron chi connectivity index (χ4n) is 1.84. The number of carbonyl (C=O) groups is 1. The number of hydrazine groups is 1. The van der Waals surface area contributed by atoms with Crippen molar-refractivity contribution in [2.45, 2.75) is 32.2 Å². The number of carbonyl (C=O) groups excluding carboxylic acids is 1. The molecule has 0 aromatic heterocycles. The topological polar surface area (TPSA) is 52.6 Å². The third kappa shape index (κ3) is 1.76. The first-order valence-electron chi connectivity index (χ1n) is 5.44. The highest BCUT2D eigenvalue weighted by molar-refractivity contribution is 5.96. The van der Waals surface area contributed by atoms with Gasteiger partial charge >= 0.3 is 0 Å². The number of benzene rings is 1. The predicted octanol–water partition coefficient (Wildman–Crippen LogP) is 1.80. The van der Waals surface area contributed by atoms with Crippen molar-refractivity contribution in [1.82, 2.24) is 5.43 Å². The van der Waals surface area contributed by atoms with Crippen molar-refractivity contribution in [3.8, 4) is 5.75 Å². The van der Waals surface area contributed by atoms with Gasteiger partial charge in [0, 0.05) is 12.0 Å². The van der Waals surface area contributed by atoms with Gasteiger partial charge in [0.05, 0.1) is 0 Å². The zero-order valence-electron chi connectivity index (χ0n) is 9.53. The van der Waals surface area contributed by atoms with Crippen LogP contribution in [0.3, 0.4) is 0 Å². The fraction of sp³-hybridized carbons (Fsp3) is 0.417. The van der Waals surface area contributed by atoms with Crippen molar-refractivity contribution in [2.24, 2.45) is 0 Å². The van der Waals surface area contributed by atoms with Crippen LogP contribution in [0.4, 0.5) is 5.69 Å². The molecule has 2 rings (SSSR count). The summed E-state index contributed by atoms with van der Waals surface area (Å²) in [5.74, 6) is 0.106. The van der Waals surface area contributed by atoms with Gasteiger partial charge in [0.15, 0.2) is 0 Å². The number of nitrogens with zero attached hydrogens (tertiary/aromatic N) is 1. The number of hydrogen-bond acceptors (Lipinski definition) is 3. The van der Waals surface area contributed by atoms with Crippen molar-refractivity contribution in [3.05, 3.63) is 24.3 Å². The van der Waals surface area contributed by atoms with Crippen molar-refractivity contribution < 1.29 is 9.90 Å². The number of aromatic hydroxyl groups is 1. The van der Waals surface area contributed by atoms with Gasteiger partial charge in [-0.25, -0.2) is 10.4 Å². The van der Waals surface area contributed by atoms with Crippen LogP contribution in [0.25, 0.3) is 0 Å². The molecule has 1 atom stereocenters. The second-order valence-electron chi connectivity index (χ2n) is 4.42. The molecule has 0 bridgehead atoms. The highest BCUT2D eigenvalue weighted by atomic mass is 16.3. The van der Waals surface area contributed by atoms with Crippen molar-refractivity contribution >= 4 is 11.6 Å². The monoisotopic (exact) mass is 220 g/mol. The number of nitrogens with one attached hydrogen (secondary N) is 1. The minimum absolute atomic E-state index is 0.00847. The maximum atomic E-state index is 11.9. The Hall–Kier alpha value is -1.55. The van der Waals surface area contributed by atoms with Gasteiger partial charge in [-0.3, -0.25) is 4.79 Å². The second-order valence-corrected chi connectivity index (χ2v) is 4.42. The van der Waals surface area contributed by atoms with Gasteiger partial charge in [0.25, 0.3) is 0 Å². The summed E-state index contributed by atoms with van der Waals surface area (Å²) in [6.07, 6.45) is 1.32. The zero-order valence-corrected chi connectivity index (χ0v) is 9.53. The highest BCUT2D eigenvalue weighted by Crippen LogP contribution is 2.32. The van der Waals surface area contributed by atoms with Gasteiger partial charge < -0.3 is 5.11 Å². The average molecular weight is 220 g/mol. The van der Waals surface area contributed by atoms with Crippen LogP contribution >= 0.6 is 0 Å². The molecule has 1 saturated heterocycles. The van der Waals surface area contributed by atoms with Crippen LogP contribution in [-0.2, 0) is 4.79 Å². The molecule has 1 unspecified atom stereocenters. The van der Waals surface area contributed by atoms with Crippen molar-refractivity contribution in [3.63, 3.8) is 0 Å². The Bertz CT molecular complexity index is 419. The predicted molar refractivity (Wildman–Crippen MR) is 62.0 cm³/mol. The van der Waals surface area contributed by atoms with E-state index in [4.69, 9.17) is 0 Å². The molecule has 16 heavy (non-hydrogen) atoms. The van der Waals surface area contributed by atoms with Crippen LogP contribution in [0.2, 0.25) is 0 Å². The smallest absolute Gasteiger partial charge is 0.243 e. The van der Waals surface area contributed by atoms with E-state index in [9.17, 15) is 9.90 Å². The Labute approximate surface area is 94.9 Å².